The van der Waals surface area contributed by atoms with Crippen molar-refractivity contribution < 1.29 is 4.79 Å². The third-order valence-electron chi connectivity index (χ3n) is 2.93. The normalized spacial score (nSPS) is 11.7. The zero-order valence-corrected chi connectivity index (χ0v) is 13.0. The fourth-order valence-corrected chi connectivity index (χ4v) is 2.87. The van der Waals surface area contributed by atoms with Gasteiger partial charge in [-0.25, -0.2) is 0 Å². The predicted molar refractivity (Wildman–Crippen MR) is 78.5 cm³/mol. The molecular weight excluding hydrogens is 268 g/mol. The Morgan fingerprint density at radius 2 is 2.17 bits per heavy atom. The molecule has 0 fully saturated rings. The molecule has 0 saturated carbocycles. The number of thiophene rings is 1. The molecule has 1 heterocycles. The minimum absolute atomic E-state index is 0.00197. The molecule has 0 spiro atoms. The van der Waals surface area contributed by atoms with Crippen molar-refractivity contribution in [2.45, 2.75) is 27.7 Å². The molecule has 0 aliphatic carbocycles. The Morgan fingerprint density at radius 3 is 2.56 bits per heavy atom. The number of halogens is 1. The summed E-state index contributed by atoms with van der Waals surface area (Å²) in [5, 5.41) is 2.49. The van der Waals surface area contributed by atoms with Crippen LogP contribution in [-0.4, -0.2) is 30.4 Å². The van der Waals surface area contributed by atoms with E-state index in [2.05, 4.69) is 13.8 Å². The van der Waals surface area contributed by atoms with Crippen molar-refractivity contribution in [3.05, 3.63) is 20.8 Å². The maximum Gasteiger partial charge on any atom is 0.265 e. The van der Waals surface area contributed by atoms with E-state index in [0.29, 0.717) is 29.5 Å². The Morgan fingerprint density at radius 1 is 1.56 bits per heavy atom. The van der Waals surface area contributed by atoms with Gasteiger partial charge in [-0.2, -0.15) is 0 Å². The maximum absolute atomic E-state index is 12.4. The van der Waals surface area contributed by atoms with Gasteiger partial charge in [0.1, 0.15) is 4.88 Å². The third kappa shape index (κ3) is 3.46. The molecule has 1 amide bonds. The van der Waals surface area contributed by atoms with Crippen LogP contribution in [0.25, 0.3) is 0 Å². The number of nitrogens with zero attached hydrogens (tertiary/aromatic N) is 1. The summed E-state index contributed by atoms with van der Waals surface area (Å²) < 4.78 is 0. The second kappa shape index (κ2) is 6.04. The lowest BCUT2D eigenvalue weighted by atomic mass is 9.93. The van der Waals surface area contributed by atoms with Gasteiger partial charge in [0.05, 0.1) is 5.02 Å². The van der Waals surface area contributed by atoms with Gasteiger partial charge in [0.2, 0.25) is 0 Å². The lowest BCUT2D eigenvalue weighted by Crippen LogP contribution is -2.41. The van der Waals surface area contributed by atoms with Gasteiger partial charge in [-0.05, 0) is 36.8 Å². The summed E-state index contributed by atoms with van der Waals surface area (Å²) in [6.45, 7) is 9.86. The van der Waals surface area contributed by atoms with Crippen LogP contribution in [0, 0.1) is 12.3 Å². The van der Waals surface area contributed by atoms with Gasteiger partial charge in [-0.15, -0.1) is 11.3 Å². The lowest BCUT2D eigenvalue weighted by molar-refractivity contribution is 0.0706. The molecular formula is C13H21ClN2OS. The SMILES string of the molecule is CCN(CC(C)(C)CN)C(=O)c1scc(C)c1Cl. The fraction of sp³-hybridized carbons (Fsp3) is 0.615. The molecule has 2 N–H and O–H groups in total. The molecule has 0 aliphatic heterocycles. The van der Waals surface area contributed by atoms with E-state index < -0.39 is 0 Å². The first-order valence-electron chi connectivity index (χ1n) is 6.05. The zero-order chi connectivity index (χ0) is 13.9. The molecule has 0 unspecified atom stereocenters. The van der Waals surface area contributed by atoms with Gasteiger partial charge in [-0.3, -0.25) is 4.79 Å². The Hall–Kier alpha value is -0.580. The van der Waals surface area contributed by atoms with E-state index in [-0.39, 0.29) is 11.3 Å². The number of amides is 1. The molecule has 102 valence electrons. The predicted octanol–water partition coefficient (Wildman–Crippen LogP) is 3.16. The maximum atomic E-state index is 12.4. The molecule has 5 heteroatoms. The van der Waals surface area contributed by atoms with E-state index in [0.717, 1.165) is 5.56 Å². The number of hydrogen-bond acceptors (Lipinski definition) is 3. The summed E-state index contributed by atoms with van der Waals surface area (Å²) in [6, 6.07) is 0. The van der Waals surface area contributed by atoms with E-state index in [1.54, 1.807) is 0 Å². The molecule has 0 bridgehead atoms. The topological polar surface area (TPSA) is 46.3 Å². The average molecular weight is 289 g/mol. The highest BCUT2D eigenvalue weighted by Gasteiger charge is 2.25. The first kappa shape index (κ1) is 15.5. The van der Waals surface area contributed by atoms with Crippen molar-refractivity contribution in [2.75, 3.05) is 19.6 Å². The van der Waals surface area contributed by atoms with Crippen LogP contribution >= 0.6 is 22.9 Å². The average Bonchev–Trinajstić information content (AvgIpc) is 2.66. The van der Waals surface area contributed by atoms with Crippen LogP contribution in [0.3, 0.4) is 0 Å². The summed E-state index contributed by atoms with van der Waals surface area (Å²) in [4.78, 5) is 14.9. The smallest absolute Gasteiger partial charge is 0.265 e. The standard InChI is InChI=1S/C13H21ClN2OS/c1-5-16(8-13(3,4)7-15)12(17)11-10(14)9(2)6-18-11/h6H,5,7-8,15H2,1-4H3. The summed E-state index contributed by atoms with van der Waals surface area (Å²) in [5.74, 6) is 0.00197. The Labute approximate surface area is 118 Å². The molecule has 3 nitrogen and oxygen atoms in total. The second-order valence-electron chi connectivity index (χ2n) is 5.25. The van der Waals surface area contributed by atoms with Crippen molar-refractivity contribution in [3.63, 3.8) is 0 Å². The highest BCUT2D eigenvalue weighted by atomic mass is 35.5. The van der Waals surface area contributed by atoms with Gasteiger partial charge in [0.25, 0.3) is 5.91 Å². The summed E-state index contributed by atoms with van der Waals surface area (Å²) in [5.41, 5.74) is 6.60. The number of aryl methyl sites for hydroxylation is 1. The van der Waals surface area contributed by atoms with Crippen LogP contribution < -0.4 is 5.73 Å². The molecule has 0 aromatic carbocycles. The summed E-state index contributed by atoms with van der Waals surface area (Å²) >= 11 is 7.56. The van der Waals surface area contributed by atoms with E-state index in [1.165, 1.54) is 11.3 Å². The van der Waals surface area contributed by atoms with E-state index >= 15 is 0 Å². The van der Waals surface area contributed by atoms with Gasteiger partial charge in [0, 0.05) is 13.1 Å². The molecule has 0 atom stereocenters. The molecule has 1 aromatic heterocycles. The van der Waals surface area contributed by atoms with E-state index in [1.807, 2.05) is 24.1 Å². The Balaban J connectivity index is 2.90. The van der Waals surface area contributed by atoms with Crippen LogP contribution in [-0.2, 0) is 0 Å². The van der Waals surface area contributed by atoms with Gasteiger partial charge >= 0.3 is 0 Å². The van der Waals surface area contributed by atoms with Gasteiger partial charge < -0.3 is 10.6 Å². The van der Waals surface area contributed by atoms with Crippen molar-refractivity contribution in [1.29, 1.82) is 0 Å². The lowest BCUT2D eigenvalue weighted by Gasteiger charge is -2.30. The summed E-state index contributed by atoms with van der Waals surface area (Å²) in [6.07, 6.45) is 0. The second-order valence-corrected chi connectivity index (χ2v) is 6.51. The van der Waals surface area contributed by atoms with Crippen molar-refractivity contribution in [1.82, 2.24) is 4.90 Å². The fourth-order valence-electron chi connectivity index (χ4n) is 1.63. The number of carbonyl (C=O) groups is 1. The first-order valence-corrected chi connectivity index (χ1v) is 7.31. The third-order valence-corrected chi connectivity index (χ3v) is 4.62. The first-order chi connectivity index (χ1) is 8.32. The zero-order valence-electron chi connectivity index (χ0n) is 11.4. The highest BCUT2D eigenvalue weighted by Crippen LogP contribution is 2.29. The van der Waals surface area contributed by atoms with Crippen molar-refractivity contribution >= 4 is 28.8 Å². The van der Waals surface area contributed by atoms with Crippen LogP contribution in [0.4, 0.5) is 0 Å². The Kier molecular flexibility index (Phi) is 5.20. The van der Waals surface area contributed by atoms with Crippen LogP contribution in [0.15, 0.2) is 5.38 Å². The van der Waals surface area contributed by atoms with Crippen LogP contribution in [0.2, 0.25) is 5.02 Å². The Bertz CT molecular complexity index is 429. The molecule has 1 aromatic rings. The largest absolute Gasteiger partial charge is 0.338 e. The number of rotatable bonds is 5. The minimum Gasteiger partial charge on any atom is -0.338 e. The number of nitrogens with two attached hydrogens (primary N) is 1. The highest BCUT2D eigenvalue weighted by molar-refractivity contribution is 7.13. The summed E-state index contributed by atoms with van der Waals surface area (Å²) in [7, 11) is 0. The van der Waals surface area contributed by atoms with Crippen LogP contribution in [0.5, 0.6) is 0 Å². The number of hydrogen-bond donors (Lipinski definition) is 1. The quantitative estimate of drug-likeness (QED) is 0.905. The molecule has 1 rings (SSSR count). The molecule has 0 radical (unpaired) electrons. The van der Waals surface area contributed by atoms with Gasteiger partial charge in [-0.1, -0.05) is 25.4 Å². The van der Waals surface area contributed by atoms with E-state index in [9.17, 15) is 4.79 Å². The minimum atomic E-state index is -0.0789. The molecule has 0 saturated heterocycles. The molecule has 0 aliphatic rings. The molecule has 18 heavy (non-hydrogen) atoms. The monoisotopic (exact) mass is 288 g/mol. The van der Waals surface area contributed by atoms with Crippen molar-refractivity contribution in [2.24, 2.45) is 11.1 Å². The van der Waals surface area contributed by atoms with Gasteiger partial charge in [0.15, 0.2) is 0 Å². The van der Waals surface area contributed by atoms with Crippen molar-refractivity contribution in [3.8, 4) is 0 Å². The van der Waals surface area contributed by atoms with Crippen LogP contribution in [0.1, 0.15) is 36.0 Å². The van der Waals surface area contributed by atoms with E-state index in [4.69, 9.17) is 17.3 Å². The number of carbonyl (C=O) groups excluding carboxylic acids is 1.